The zero-order chi connectivity index (χ0) is 19.9. The Hall–Kier alpha value is -1.07. The van der Waals surface area contributed by atoms with Gasteiger partial charge in [0.05, 0.1) is 11.7 Å². The molecular formula is C22H34F3NO. The molecule has 1 saturated heterocycles. The first-order valence-corrected chi connectivity index (χ1v) is 10.4. The van der Waals surface area contributed by atoms with Crippen LogP contribution in [0.25, 0.3) is 0 Å². The van der Waals surface area contributed by atoms with Crippen molar-refractivity contribution in [1.29, 1.82) is 0 Å². The highest BCUT2D eigenvalue weighted by Gasteiger charge is 2.37. The van der Waals surface area contributed by atoms with Crippen molar-refractivity contribution in [3.05, 3.63) is 35.4 Å². The van der Waals surface area contributed by atoms with Crippen molar-refractivity contribution in [2.45, 2.75) is 95.5 Å². The first kappa shape index (κ1) is 22.2. The van der Waals surface area contributed by atoms with Gasteiger partial charge in [-0.3, -0.25) is 4.90 Å². The molecule has 1 aliphatic rings. The van der Waals surface area contributed by atoms with Gasteiger partial charge in [0.2, 0.25) is 0 Å². The molecular weight excluding hydrogens is 351 g/mol. The lowest BCUT2D eigenvalue weighted by molar-refractivity contribution is -0.137. The minimum atomic E-state index is -4.30. The Morgan fingerprint density at radius 2 is 1.59 bits per heavy atom. The van der Waals surface area contributed by atoms with Crippen LogP contribution in [0, 0.1) is 0 Å². The largest absolute Gasteiger partial charge is 0.416 e. The number of rotatable bonds is 10. The first-order chi connectivity index (χ1) is 12.8. The fourth-order valence-electron chi connectivity index (χ4n) is 4.15. The summed E-state index contributed by atoms with van der Waals surface area (Å²) in [5, 5.41) is 10.5. The van der Waals surface area contributed by atoms with E-state index in [2.05, 4.69) is 11.8 Å². The van der Waals surface area contributed by atoms with Gasteiger partial charge in [0.1, 0.15) is 0 Å². The summed E-state index contributed by atoms with van der Waals surface area (Å²) in [6.07, 6.45) is 6.67. The molecule has 3 atom stereocenters. The average molecular weight is 386 g/mol. The number of likely N-dealkylation sites (N-methyl/N-ethyl adjacent to an activating group) is 1. The molecule has 5 heteroatoms. The number of unbranched alkanes of at least 4 members (excludes halogenated alkanes) is 6. The van der Waals surface area contributed by atoms with E-state index in [1.54, 1.807) is 0 Å². The number of nitrogens with zero attached hydrogens (tertiary/aromatic N) is 1. The molecule has 1 fully saturated rings. The van der Waals surface area contributed by atoms with E-state index in [4.69, 9.17) is 0 Å². The van der Waals surface area contributed by atoms with Crippen LogP contribution in [0.2, 0.25) is 0 Å². The van der Waals surface area contributed by atoms with Gasteiger partial charge in [0.15, 0.2) is 0 Å². The van der Waals surface area contributed by atoms with Gasteiger partial charge in [-0.25, -0.2) is 0 Å². The summed E-state index contributed by atoms with van der Waals surface area (Å²) < 4.78 is 38.1. The van der Waals surface area contributed by atoms with Crippen LogP contribution in [0.3, 0.4) is 0 Å². The molecule has 0 saturated carbocycles. The molecule has 1 aromatic rings. The van der Waals surface area contributed by atoms with E-state index < -0.39 is 17.8 Å². The molecule has 27 heavy (non-hydrogen) atoms. The summed E-state index contributed by atoms with van der Waals surface area (Å²) in [5.74, 6) is 0. The van der Waals surface area contributed by atoms with Gasteiger partial charge in [-0.15, -0.1) is 0 Å². The standard InChI is InChI=1S/C22H34F3NO/c1-3-4-5-6-7-8-9-10-19-16-21(27)20(26(19)2)15-17-11-13-18(14-12-17)22(23,24)25/h11-14,19-21,27H,3-10,15-16H2,1-2H3/t19-,20+,21+/m1/s1. The molecule has 0 aliphatic carbocycles. The van der Waals surface area contributed by atoms with Crippen LogP contribution in [0.4, 0.5) is 13.2 Å². The lowest BCUT2D eigenvalue weighted by atomic mass is 10.0. The zero-order valence-corrected chi connectivity index (χ0v) is 16.6. The lowest BCUT2D eigenvalue weighted by Gasteiger charge is -2.26. The number of alkyl halides is 3. The Morgan fingerprint density at radius 3 is 2.19 bits per heavy atom. The van der Waals surface area contributed by atoms with Crippen LogP contribution in [-0.4, -0.2) is 35.2 Å². The molecule has 0 spiro atoms. The Morgan fingerprint density at radius 1 is 1.00 bits per heavy atom. The summed E-state index contributed by atoms with van der Waals surface area (Å²) in [7, 11) is 2.04. The van der Waals surface area contributed by atoms with E-state index in [0.717, 1.165) is 30.5 Å². The molecule has 1 aliphatic heterocycles. The summed E-state index contributed by atoms with van der Waals surface area (Å²) in [6.45, 7) is 2.22. The van der Waals surface area contributed by atoms with Crippen molar-refractivity contribution in [2.75, 3.05) is 7.05 Å². The van der Waals surface area contributed by atoms with Crippen LogP contribution in [0.15, 0.2) is 24.3 Å². The number of halogens is 3. The van der Waals surface area contributed by atoms with Crippen LogP contribution >= 0.6 is 0 Å². The molecule has 1 N–H and O–H groups in total. The van der Waals surface area contributed by atoms with Crippen molar-refractivity contribution in [1.82, 2.24) is 4.90 Å². The molecule has 0 radical (unpaired) electrons. The van der Waals surface area contributed by atoms with Gasteiger partial charge in [-0.05, 0) is 44.0 Å². The fourth-order valence-corrected chi connectivity index (χ4v) is 4.15. The molecule has 154 valence electrons. The van der Waals surface area contributed by atoms with Crippen LogP contribution in [0.1, 0.15) is 75.8 Å². The average Bonchev–Trinajstić information content (AvgIpc) is 2.88. The summed E-state index contributed by atoms with van der Waals surface area (Å²) >= 11 is 0. The van der Waals surface area contributed by atoms with Gasteiger partial charge in [-0.2, -0.15) is 13.2 Å². The number of likely N-dealkylation sites (tertiary alicyclic amines) is 1. The first-order valence-electron chi connectivity index (χ1n) is 10.4. The van der Waals surface area contributed by atoms with Gasteiger partial charge in [-0.1, -0.05) is 64.0 Å². The zero-order valence-electron chi connectivity index (χ0n) is 16.6. The maximum absolute atomic E-state index is 12.7. The molecule has 0 unspecified atom stereocenters. The Bertz CT molecular complexity index is 543. The van der Waals surface area contributed by atoms with E-state index in [0.29, 0.717) is 12.5 Å². The highest BCUT2D eigenvalue weighted by atomic mass is 19.4. The molecule has 0 amide bonds. The molecule has 0 aromatic heterocycles. The fraction of sp³-hybridized carbons (Fsp3) is 0.727. The maximum Gasteiger partial charge on any atom is 0.416 e. The Labute approximate surface area is 161 Å². The maximum atomic E-state index is 12.7. The molecule has 1 heterocycles. The van der Waals surface area contributed by atoms with Crippen molar-refractivity contribution >= 4 is 0 Å². The van der Waals surface area contributed by atoms with Crippen molar-refractivity contribution in [3.63, 3.8) is 0 Å². The van der Waals surface area contributed by atoms with E-state index in [-0.39, 0.29) is 6.04 Å². The lowest BCUT2D eigenvalue weighted by Crippen LogP contribution is -2.37. The number of aliphatic hydroxyl groups excluding tert-OH is 1. The second-order valence-electron chi connectivity index (χ2n) is 8.00. The minimum Gasteiger partial charge on any atom is -0.391 e. The Kier molecular flexibility index (Phi) is 8.62. The van der Waals surface area contributed by atoms with Gasteiger partial charge < -0.3 is 5.11 Å². The smallest absolute Gasteiger partial charge is 0.391 e. The molecule has 2 rings (SSSR count). The van der Waals surface area contributed by atoms with E-state index in [1.807, 2.05) is 7.05 Å². The second-order valence-corrected chi connectivity index (χ2v) is 8.00. The van der Waals surface area contributed by atoms with Gasteiger partial charge in [0.25, 0.3) is 0 Å². The highest BCUT2D eigenvalue weighted by Crippen LogP contribution is 2.31. The predicted molar refractivity (Wildman–Crippen MR) is 104 cm³/mol. The Balaban J connectivity index is 1.78. The normalized spacial score (nSPS) is 23.9. The third-order valence-corrected chi connectivity index (χ3v) is 5.92. The number of aliphatic hydroxyl groups is 1. The van der Waals surface area contributed by atoms with Crippen molar-refractivity contribution in [2.24, 2.45) is 0 Å². The summed E-state index contributed by atoms with van der Waals surface area (Å²) in [4.78, 5) is 2.24. The highest BCUT2D eigenvalue weighted by molar-refractivity contribution is 5.25. The number of hydrogen-bond donors (Lipinski definition) is 1. The topological polar surface area (TPSA) is 23.5 Å². The summed E-state index contributed by atoms with van der Waals surface area (Å²) in [6, 6.07) is 5.69. The SMILES string of the molecule is CCCCCCCCC[C@@H]1C[C@H](O)[C@H](Cc2ccc(C(F)(F)F)cc2)N1C. The molecule has 2 nitrogen and oxygen atoms in total. The van der Waals surface area contributed by atoms with E-state index >= 15 is 0 Å². The van der Waals surface area contributed by atoms with Crippen molar-refractivity contribution < 1.29 is 18.3 Å². The molecule has 1 aromatic carbocycles. The molecule has 0 bridgehead atoms. The third-order valence-electron chi connectivity index (χ3n) is 5.92. The van der Waals surface area contributed by atoms with Crippen molar-refractivity contribution in [3.8, 4) is 0 Å². The second kappa shape index (κ2) is 10.5. The number of benzene rings is 1. The predicted octanol–water partition coefficient (Wildman–Crippen LogP) is 5.82. The van der Waals surface area contributed by atoms with E-state index in [9.17, 15) is 18.3 Å². The van der Waals surface area contributed by atoms with Gasteiger partial charge in [0, 0.05) is 12.1 Å². The van der Waals surface area contributed by atoms with Crippen LogP contribution < -0.4 is 0 Å². The third kappa shape index (κ3) is 6.79. The number of hydrogen-bond acceptors (Lipinski definition) is 2. The minimum absolute atomic E-state index is 0.0173. The van der Waals surface area contributed by atoms with Crippen LogP contribution in [-0.2, 0) is 12.6 Å². The quantitative estimate of drug-likeness (QED) is 0.513. The summed E-state index contributed by atoms with van der Waals surface area (Å²) in [5.41, 5.74) is 0.221. The van der Waals surface area contributed by atoms with Crippen LogP contribution in [0.5, 0.6) is 0 Å². The monoisotopic (exact) mass is 385 g/mol. The van der Waals surface area contributed by atoms with E-state index in [1.165, 1.54) is 57.1 Å². The van der Waals surface area contributed by atoms with Gasteiger partial charge >= 0.3 is 6.18 Å².